The lowest BCUT2D eigenvalue weighted by molar-refractivity contribution is -0.129. The molecule has 1 fully saturated rings. The highest BCUT2D eigenvalue weighted by molar-refractivity contribution is 5.76. The SMILES string of the molecule is CCC(=O)N1CCC(CCN)C1. The average molecular weight is 170 g/mol. The van der Waals surface area contributed by atoms with Crippen LogP contribution in [0, 0.1) is 5.92 Å². The third-order valence-corrected chi connectivity index (χ3v) is 2.52. The number of hydrogen-bond acceptors (Lipinski definition) is 2. The first kappa shape index (κ1) is 9.52. The van der Waals surface area contributed by atoms with Crippen LogP contribution in [0.3, 0.4) is 0 Å². The summed E-state index contributed by atoms with van der Waals surface area (Å²) in [5, 5.41) is 0. The lowest BCUT2D eigenvalue weighted by Crippen LogP contribution is -2.28. The average Bonchev–Trinajstić information content (AvgIpc) is 2.52. The van der Waals surface area contributed by atoms with Crippen molar-refractivity contribution in [1.82, 2.24) is 4.90 Å². The minimum Gasteiger partial charge on any atom is -0.342 e. The first-order chi connectivity index (χ1) is 5.77. The minimum absolute atomic E-state index is 0.287. The predicted molar refractivity (Wildman–Crippen MR) is 48.6 cm³/mol. The number of carbonyl (C=O) groups is 1. The number of amides is 1. The first-order valence-electron chi connectivity index (χ1n) is 4.75. The Morgan fingerprint density at radius 1 is 1.67 bits per heavy atom. The summed E-state index contributed by atoms with van der Waals surface area (Å²) in [7, 11) is 0. The minimum atomic E-state index is 0.287. The van der Waals surface area contributed by atoms with Gasteiger partial charge in [-0.2, -0.15) is 0 Å². The van der Waals surface area contributed by atoms with E-state index in [2.05, 4.69) is 0 Å². The molecular formula is C9H18N2O. The van der Waals surface area contributed by atoms with Crippen LogP contribution in [0.5, 0.6) is 0 Å². The Morgan fingerprint density at radius 3 is 3.00 bits per heavy atom. The molecule has 0 aromatic carbocycles. The maximum atomic E-state index is 11.3. The predicted octanol–water partition coefficient (Wildman–Crippen LogP) is 0.594. The third kappa shape index (κ3) is 2.21. The molecule has 0 aromatic heterocycles. The van der Waals surface area contributed by atoms with E-state index in [1.807, 2.05) is 11.8 Å². The van der Waals surface area contributed by atoms with Crippen LogP contribution in [-0.4, -0.2) is 30.4 Å². The zero-order valence-electron chi connectivity index (χ0n) is 7.75. The number of carbonyl (C=O) groups excluding carboxylic acids is 1. The molecular weight excluding hydrogens is 152 g/mol. The van der Waals surface area contributed by atoms with Crippen molar-refractivity contribution in [1.29, 1.82) is 0 Å². The van der Waals surface area contributed by atoms with Gasteiger partial charge in [-0.15, -0.1) is 0 Å². The maximum Gasteiger partial charge on any atom is 0.222 e. The van der Waals surface area contributed by atoms with Crippen molar-refractivity contribution in [3.8, 4) is 0 Å². The molecule has 70 valence electrons. The highest BCUT2D eigenvalue weighted by Crippen LogP contribution is 2.19. The van der Waals surface area contributed by atoms with Crippen LogP contribution in [0.2, 0.25) is 0 Å². The van der Waals surface area contributed by atoms with Gasteiger partial charge < -0.3 is 10.6 Å². The van der Waals surface area contributed by atoms with Gasteiger partial charge in [-0.3, -0.25) is 4.79 Å². The molecule has 1 amide bonds. The van der Waals surface area contributed by atoms with E-state index in [0.29, 0.717) is 12.3 Å². The molecule has 1 unspecified atom stereocenters. The van der Waals surface area contributed by atoms with Gasteiger partial charge in [-0.25, -0.2) is 0 Å². The Labute approximate surface area is 73.9 Å². The molecule has 0 saturated carbocycles. The molecule has 12 heavy (non-hydrogen) atoms. The normalized spacial score (nSPS) is 23.2. The van der Waals surface area contributed by atoms with E-state index in [9.17, 15) is 4.79 Å². The van der Waals surface area contributed by atoms with Crippen LogP contribution in [0.4, 0.5) is 0 Å². The number of nitrogens with two attached hydrogens (primary N) is 1. The van der Waals surface area contributed by atoms with Gasteiger partial charge in [0.15, 0.2) is 0 Å². The summed E-state index contributed by atoms with van der Waals surface area (Å²) < 4.78 is 0. The van der Waals surface area contributed by atoms with Crippen LogP contribution in [-0.2, 0) is 4.79 Å². The second-order valence-electron chi connectivity index (χ2n) is 3.43. The Morgan fingerprint density at radius 2 is 2.42 bits per heavy atom. The van der Waals surface area contributed by atoms with Crippen molar-refractivity contribution < 1.29 is 4.79 Å². The Balaban J connectivity index is 2.30. The van der Waals surface area contributed by atoms with Gasteiger partial charge in [-0.05, 0) is 25.3 Å². The van der Waals surface area contributed by atoms with Crippen molar-refractivity contribution in [2.45, 2.75) is 26.2 Å². The standard InChI is InChI=1S/C9H18N2O/c1-2-9(12)11-6-4-8(7-11)3-5-10/h8H,2-7,10H2,1H3. The smallest absolute Gasteiger partial charge is 0.222 e. The van der Waals surface area contributed by atoms with Gasteiger partial charge in [0.1, 0.15) is 0 Å². The van der Waals surface area contributed by atoms with Gasteiger partial charge in [0.05, 0.1) is 0 Å². The molecule has 0 bridgehead atoms. The molecule has 0 spiro atoms. The van der Waals surface area contributed by atoms with Crippen LogP contribution in [0.25, 0.3) is 0 Å². The van der Waals surface area contributed by atoms with Crippen molar-refractivity contribution in [2.75, 3.05) is 19.6 Å². The van der Waals surface area contributed by atoms with Crippen LogP contribution in [0.1, 0.15) is 26.2 Å². The fourth-order valence-corrected chi connectivity index (χ4v) is 1.75. The van der Waals surface area contributed by atoms with Crippen LogP contribution < -0.4 is 5.73 Å². The number of nitrogens with zero attached hydrogens (tertiary/aromatic N) is 1. The Hall–Kier alpha value is -0.570. The largest absolute Gasteiger partial charge is 0.342 e. The molecule has 3 heteroatoms. The Bertz CT molecular complexity index is 159. The van der Waals surface area contributed by atoms with E-state index in [4.69, 9.17) is 5.73 Å². The molecule has 1 heterocycles. The summed E-state index contributed by atoms with van der Waals surface area (Å²) >= 11 is 0. The topological polar surface area (TPSA) is 46.3 Å². The van der Waals surface area contributed by atoms with Crippen LogP contribution >= 0.6 is 0 Å². The van der Waals surface area contributed by atoms with Gasteiger partial charge in [0.2, 0.25) is 5.91 Å². The zero-order valence-corrected chi connectivity index (χ0v) is 7.75. The fraction of sp³-hybridized carbons (Fsp3) is 0.889. The van der Waals surface area contributed by atoms with Gasteiger partial charge >= 0.3 is 0 Å². The monoisotopic (exact) mass is 170 g/mol. The zero-order chi connectivity index (χ0) is 8.97. The number of rotatable bonds is 3. The summed E-state index contributed by atoms with van der Waals surface area (Å²) in [6, 6.07) is 0. The van der Waals surface area contributed by atoms with Crippen LogP contribution in [0.15, 0.2) is 0 Å². The molecule has 3 nitrogen and oxygen atoms in total. The van der Waals surface area contributed by atoms with E-state index in [-0.39, 0.29) is 5.91 Å². The van der Waals surface area contributed by atoms with E-state index >= 15 is 0 Å². The summed E-state index contributed by atoms with van der Waals surface area (Å²) in [5.74, 6) is 0.944. The van der Waals surface area contributed by atoms with E-state index in [0.717, 1.165) is 32.5 Å². The lowest BCUT2D eigenvalue weighted by atomic mass is 10.1. The quantitative estimate of drug-likeness (QED) is 0.674. The van der Waals surface area contributed by atoms with Crippen molar-refractivity contribution in [3.63, 3.8) is 0 Å². The highest BCUT2D eigenvalue weighted by Gasteiger charge is 2.24. The van der Waals surface area contributed by atoms with Crippen molar-refractivity contribution in [3.05, 3.63) is 0 Å². The van der Waals surface area contributed by atoms with Gasteiger partial charge in [0, 0.05) is 19.5 Å². The molecule has 1 rings (SSSR count). The van der Waals surface area contributed by atoms with Crippen molar-refractivity contribution >= 4 is 5.91 Å². The molecule has 0 aromatic rings. The van der Waals surface area contributed by atoms with Crippen molar-refractivity contribution in [2.24, 2.45) is 11.7 Å². The summed E-state index contributed by atoms with van der Waals surface area (Å²) in [6.07, 6.45) is 2.84. The van der Waals surface area contributed by atoms with E-state index in [1.54, 1.807) is 0 Å². The summed E-state index contributed by atoms with van der Waals surface area (Å²) in [5.41, 5.74) is 5.46. The molecule has 0 aliphatic carbocycles. The van der Waals surface area contributed by atoms with E-state index < -0.39 is 0 Å². The number of hydrogen-bond donors (Lipinski definition) is 1. The van der Waals surface area contributed by atoms with E-state index in [1.165, 1.54) is 0 Å². The molecule has 1 atom stereocenters. The third-order valence-electron chi connectivity index (χ3n) is 2.52. The number of likely N-dealkylation sites (tertiary alicyclic amines) is 1. The van der Waals surface area contributed by atoms with Gasteiger partial charge in [-0.1, -0.05) is 6.92 Å². The maximum absolute atomic E-state index is 11.3. The highest BCUT2D eigenvalue weighted by atomic mass is 16.2. The first-order valence-corrected chi connectivity index (χ1v) is 4.75. The molecule has 1 aliphatic heterocycles. The lowest BCUT2D eigenvalue weighted by Gasteiger charge is -2.14. The summed E-state index contributed by atoms with van der Waals surface area (Å²) in [4.78, 5) is 13.2. The summed E-state index contributed by atoms with van der Waals surface area (Å²) in [6.45, 7) is 4.54. The fourth-order valence-electron chi connectivity index (χ4n) is 1.75. The van der Waals surface area contributed by atoms with Gasteiger partial charge in [0.25, 0.3) is 0 Å². The Kier molecular flexibility index (Phi) is 3.53. The molecule has 0 radical (unpaired) electrons. The second-order valence-corrected chi connectivity index (χ2v) is 3.43. The molecule has 2 N–H and O–H groups in total. The molecule has 1 saturated heterocycles. The molecule has 1 aliphatic rings. The second kappa shape index (κ2) is 4.45.